The third kappa shape index (κ3) is 5.19. The number of nitrogens with zero attached hydrogens (tertiary/aromatic N) is 1. The minimum atomic E-state index is -1.08. The number of rotatable bonds is 8. The monoisotopic (exact) mass is 342 g/mol. The topological polar surface area (TPSA) is 156 Å². The van der Waals surface area contributed by atoms with E-state index in [0.717, 1.165) is 0 Å². The molecule has 136 valence electrons. The molecule has 6 N–H and O–H groups in total. The summed E-state index contributed by atoms with van der Waals surface area (Å²) in [7, 11) is 0. The molecular formula is C15H26N4O5. The summed E-state index contributed by atoms with van der Waals surface area (Å²) in [5.74, 6) is -2.86. The zero-order valence-electron chi connectivity index (χ0n) is 14.0. The second-order valence-electron chi connectivity index (χ2n) is 6.36. The number of nitrogens with two attached hydrogens (primary N) is 2. The lowest BCUT2D eigenvalue weighted by atomic mass is 10.0. The number of amides is 3. The van der Waals surface area contributed by atoms with Crippen molar-refractivity contribution < 1.29 is 24.3 Å². The maximum absolute atomic E-state index is 12.7. The minimum absolute atomic E-state index is 0.00750. The van der Waals surface area contributed by atoms with Gasteiger partial charge in [0.1, 0.15) is 12.1 Å². The zero-order valence-corrected chi connectivity index (χ0v) is 14.0. The Balaban J connectivity index is 2.87. The van der Waals surface area contributed by atoms with E-state index in [1.54, 1.807) is 13.8 Å². The molecule has 0 aliphatic carbocycles. The van der Waals surface area contributed by atoms with E-state index in [4.69, 9.17) is 11.5 Å². The Hall–Kier alpha value is -2.16. The summed E-state index contributed by atoms with van der Waals surface area (Å²) < 4.78 is 0. The molecule has 0 saturated carbocycles. The molecule has 9 heteroatoms. The van der Waals surface area contributed by atoms with Gasteiger partial charge in [-0.05, 0) is 25.2 Å². The Kier molecular flexibility index (Phi) is 7.15. The highest BCUT2D eigenvalue weighted by molar-refractivity contribution is 5.92. The summed E-state index contributed by atoms with van der Waals surface area (Å²) >= 11 is 0. The van der Waals surface area contributed by atoms with Crippen LogP contribution in [-0.2, 0) is 19.2 Å². The Morgan fingerprint density at radius 2 is 1.92 bits per heavy atom. The Morgan fingerprint density at radius 1 is 1.29 bits per heavy atom. The molecule has 1 aliphatic rings. The highest BCUT2D eigenvalue weighted by atomic mass is 16.4. The molecule has 1 fully saturated rings. The lowest BCUT2D eigenvalue weighted by Crippen LogP contribution is -2.55. The number of carbonyl (C=O) groups excluding carboxylic acids is 3. The van der Waals surface area contributed by atoms with Crippen LogP contribution in [0.2, 0.25) is 0 Å². The first-order chi connectivity index (χ1) is 11.1. The number of likely N-dealkylation sites (tertiary alicyclic amines) is 1. The van der Waals surface area contributed by atoms with Crippen LogP contribution < -0.4 is 16.8 Å². The van der Waals surface area contributed by atoms with Crippen molar-refractivity contribution in [2.24, 2.45) is 17.4 Å². The summed E-state index contributed by atoms with van der Waals surface area (Å²) in [6.07, 6.45) is 0.848. The van der Waals surface area contributed by atoms with Gasteiger partial charge in [-0.15, -0.1) is 0 Å². The summed E-state index contributed by atoms with van der Waals surface area (Å²) in [6.45, 7) is 3.84. The molecular weight excluding hydrogens is 316 g/mol. The van der Waals surface area contributed by atoms with E-state index in [1.165, 1.54) is 4.90 Å². The minimum Gasteiger partial charge on any atom is -0.480 e. The Morgan fingerprint density at radius 3 is 2.42 bits per heavy atom. The number of hydrogen-bond acceptors (Lipinski definition) is 5. The standard InChI is InChI=1S/C15H26N4O5/c1-8(2)12(17)13(21)18-9(5-6-11(16)20)14(22)19-7-3-4-10(19)15(23)24/h8-10,12H,3-7,17H2,1-2H3,(H2,16,20)(H,18,21)(H,23,24). The lowest BCUT2D eigenvalue weighted by molar-refractivity contribution is -0.149. The van der Waals surface area contributed by atoms with E-state index < -0.39 is 41.8 Å². The van der Waals surface area contributed by atoms with E-state index in [0.29, 0.717) is 19.4 Å². The fourth-order valence-corrected chi connectivity index (χ4v) is 2.60. The van der Waals surface area contributed by atoms with Crippen LogP contribution in [-0.4, -0.2) is 58.4 Å². The molecule has 0 aromatic carbocycles. The van der Waals surface area contributed by atoms with Crippen molar-refractivity contribution in [2.45, 2.75) is 57.7 Å². The zero-order chi connectivity index (χ0) is 18.4. The van der Waals surface area contributed by atoms with Gasteiger partial charge in [-0.25, -0.2) is 4.79 Å². The van der Waals surface area contributed by atoms with Gasteiger partial charge in [-0.1, -0.05) is 13.8 Å². The van der Waals surface area contributed by atoms with E-state index in [2.05, 4.69) is 5.32 Å². The average molecular weight is 342 g/mol. The van der Waals surface area contributed by atoms with Crippen LogP contribution in [0.15, 0.2) is 0 Å². The van der Waals surface area contributed by atoms with Gasteiger partial charge < -0.3 is 26.8 Å². The maximum atomic E-state index is 12.7. The molecule has 0 aromatic rings. The van der Waals surface area contributed by atoms with E-state index >= 15 is 0 Å². The molecule has 3 amide bonds. The van der Waals surface area contributed by atoms with Gasteiger partial charge in [0.2, 0.25) is 17.7 Å². The first-order valence-corrected chi connectivity index (χ1v) is 8.02. The predicted octanol–water partition coefficient (Wildman–Crippen LogP) is -1.20. The molecule has 0 aromatic heterocycles. The fraction of sp³-hybridized carbons (Fsp3) is 0.733. The number of carboxylic acid groups (broad SMARTS) is 1. The molecule has 0 spiro atoms. The third-order valence-corrected chi connectivity index (χ3v) is 4.14. The SMILES string of the molecule is CC(C)C(N)C(=O)NC(CCC(N)=O)C(=O)N1CCCC1C(=O)O. The quantitative estimate of drug-likeness (QED) is 0.434. The smallest absolute Gasteiger partial charge is 0.326 e. The number of carboxylic acids is 1. The molecule has 9 nitrogen and oxygen atoms in total. The molecule has 1 rings (SSSR count). The van der Waals surface area contributed by atoms with Crippen LogP contribution in [0, 0.1) is 5.92 Å². The molecule has 1 saturated heterocycles. The van der Waals surface area contributed by atoms with E-state index in [-0.39, 0.29) is 18.8 Å². The molecule has 3 unspecified atom stereocenters. The Labute approximate surface area is 140 Å². The van der Waals surface area contributed by atoms with Crippen molar-refractivity contribution in [2.75, 3.05) is 6.54 Å². The highest BCUT2D eigenvalue weighted by Gasteiger charge is 2.38. The summed E-state index contributed by atoms with van der Waals surface area (Å²) in [6, 6.07) is -2.73. The van der Waals surface area contributed by atoms with Crippen LogP contribution in [0.3, 0.4) is 0 Å². The number of hydrogen-bond donors (Lipinski definition) is 4. The normalized spacial score (nSPS) is 19.8. The van der Waals surface area contributed by atoms with Crippen molar-refractivity contribution in [1.29, 1.82) is 0 Å². The number of carbonyl (C=O) groups is 4. The van der Waals surface area contributed by atoms with Crippen molar-refractivity contribution in [3.63, 3.8) is 0 Å². The van der Waals surface area contributed by atoms with Crippen LogP contribution in [0.4, 0.5) is 0 Å². The van der Waals surface area contributed by atoms with Gasteiger partial charge in [0.25, 0.3) is 0 Å². The van der Waals surface area contributed by atoms with Crippen molar-refractivity contribution in [1.82, 2.24) is 10.2 Å². The van der Waals surface area contributed by atoms with Gasteiger partial charge in [0.15, 0.2) is 0 Å². The first-order valence-electron chi connectivity index (χ1n) is 8.02. The van der Waals surface area contributed by atoms with Crippen molar-refractivity contribution in [3.05, 3.63) is 0 Å². The number of nitrogens with one attached hydrogen (secondary N) is 1. The Bertz CT molecular complexity index is 508. The fourth-order valence-electron chi connectivity index (χ4n) is 2.60. The molecule has 0 radical (unpaired) electrons. The molecule has 24 heavy (non-hydrogen) atoms. The second kappa shape index (κ2) is 8.62. The molecule has 1 heterocycles. The molecule has 0 bridgehead atoms. The molecule has 1 aliphatic heterocycles. The van der Waals surface area contributed by atoms with Gasteiger partial charge in [-0.2, -0.15) is 0 Å². The largest absolute Gasteiger partial charge is 0.480 e. The van der Waals surface area contributed by atoms with Gasteiger partial charge in [0.05, 0.1) is 6.04 Å². The van der Waals surface area contributed by atoms with Gasteiger partial charge >= 0.3 is 5.97 Å². The van der Waals surface area contributed by atoms with Gasteiger partial charge in [-0.3, -0.25) is 14.4 Å². The van der Waals surface area contributed by atoms with E-state index in [1.807, 2.05) is 0 Å². The van der Waals surface area contributed by atoms with Gasteiger partial charge in [0, 0.05) is 13.0 Å². The predicted molar refractivity (Wildman–Crippen MR) is 85.5 cm³/mol. The number of aliphatic carboxylic acids is 1. The van der Waals surface area contributed by atoms with Crippen LogP contribution in [0.5, 0.6) is 0 Å². The van der Waals surface area contributed by atoms with Crippen molar-refractivity contribution in [3.8, 4) is 0 Å². The van der Waals surface area contributed by atoms with Crippen LogP contribution in [0.1, 0.15) is 39.5 Å². The lowest BCUT2D eigenvalue weighted by Gasteiger charge is -2.28. The summed E-state index contributed by atoms with van der Waals surface area (Å²) in [5.41, 5.74) is 10.9. The van der Waals surface area contributed by atoms with Crippen molar-refractivity contribution >= 4 is 23.7 Å². The van der Waals surface area contributed by atoms with Crippen LogP contribution in [0.25, 0.3) is 0 Å². The highest BCUT2D eigenvalue weighted by Crippen LogP contribution is 2.19. The summed E-state index contributed by atoms with van der Waals surface area (Å²) in [5, 5.41) is 11.7. The van der Waals surface area contributed by atoms with E-state index in [9.17, 15) is 24.3 Å². The third-order valence-electron chi connectivity index (χ3n) is 4.14. The average Bonchev–Trinajstić information content (AvgIpc) is 2.99. The second-order valence-corrected chi connectivity index (χ2v) is 6.36. The number of primary amides is 1. The molecule has 3 atom stereocenters. The summed E-state index contributed by atoms with van der Waals surface area (Å²) in [4.78, 5) is 48.3. The maximum Gasteiger partial charge on any atom is 0.326 e. The van der Waals surface area contributed by atoms with Crippen LogP contribution >= 0.6 is 0 Å². The first kappa shape index (κ1) is 19.9.